The summed E-state index contributed by atoms with van der Waals surface area (Å²) in [6.07, 6.45) is 4.39. The molecule has 3 atom stereocenters. The minimum absolute atomic E-state index is 0.127. The van der Waals surface area contributed by atoms with E-state index >= 15 is 0 Å². The van der Waals surface area contributed by atoms with Crippen LogP contribution >= 0.6 is 23.2 Å². The summed E-state index contributed by atoms with van der Waals surface area (Å²) in [5.74, 6) is 1.12. The Bertz CT molecular complexity index is 1870. The zero-order valence-corrected chi connectivity index (χ0v) is 31.7. The van der Waals surface area contributed by atoms with Crippen molar-refractivity contribution in [1.82, 2.24) is 15.2 Å². The number of methoxy groups -OCH3 is 3. The maximum atomic E-state index is 13.7. The lowest BCUT2D eigenvalue weighted by atomic mass is 9.86. The Hall–Kier alpha value is -4.88. The predicted octanol–water partition coefficient (Wildman–Crippen LogP) is 6.72. The SMILES string of the molecule is COc1ccc(C(Cc2c(Cl)cncc2Cl)OC(=O)c2ccc(CNC(C(=O)O[C@H]3CN4CCC3CC4)c3ccccc3OC)cc2)cc1OC.O=CO. The number of ether oxygens (including phenoxy) is 5. The quantitative estimate of drug-likeness (QED) is 0.103. The molecule has 3 aliphatic rings. The van der Waals surface area contributed by atoms with Crippen molar-refractivity contribution in [3.05, 3.63) is 117 Å². The van der Waals surface area contributed by atoms with Gasteiger partial charge in [-0.3, -0.25) is 20.0 Å². The van der Waals surface area contributed by atoms with Crippen molar-refractivity contribution in [2.75, 3.05) is 41.0 Å². The third kappa shape index (κ3) is 10.00. The topological polar surface area (TPSA) is 146 Å². The van der Waals surface area contributed by atoms with Gasteiger partial charge in [-0.05, 0) is 78.9 Å². The molecule has 3 fully saturated rings. The second-order valence-electron chi connectivity index (χ2n) is 12.8. The van der Waals surface area contributed by atoms with Gasteiger partial charge in [0.25, 0.3) is 6.47 Å². The summed E-state index contributed by atoms with van der Waals surface area (Å²) in [6.45, 7) is 2.96. The number of pyridine rings is 1. The summed E-state index contributed by atoms with van der Waals surface area (Å²) in [6, 6.07) is 19.0. The monoisotopic (exact) mass is 779 g/mol. The first kappa shape index (κ1) is 40.3. The van der Waals surface area contributed by atoms with Crippen LogP contribution in [0.15, 0.2) is 79.1 Å². The molecule has 12 nitrogen and oxygen atoms in total. The second-order valence-corrected chi connectivity index (χ2v) is 13.6. The normalized spacial score (nSPS) is 18.3. The van der Waals surface area contributed by atoms with Crippen molar-refractivity contribution in [2.24, 2.45) is 5.92 Å². The van der Waals surface area contributed by atoms with Gasteiger partial charge < -0.3 is 28.8 Å². The van der Waals surface area contributed by atoms with E-state index in [4.69, 9.17) is 56.8 Å². The van der Waals surface area contributed by atoms with Gasteiger partial charge in [-0.2, -0.15) is 0 Å². The molecule has 0 saturated carbocycles. The Labute approximate surface area is 324 Å². The maximum absolute atomic E-state index is 13.7. The molecule has 3 aromatic carbocycles. The number of hydrogen-bond donors (Lipinski definition) is 2. The number of nitrogens with zero attached hydrogens (tertiary/aromatic N) is 2. The van der Waals surface area contributed by atoms with E-state index in [1.165, 1.54) is 19.5 Å². The summed E-state index contributed by atoms with van der Waals surface area (Å²) >= 11 is 12.9. The summed E-state index contributed by atoms with van der Waals surface area (Å²) in [5.41, 5.74) is 3.16. The van der Waals surface area contributed by atoms with Gasteiger partial charge >= 0.3 is 11.9 Å². The Kier molecular flexibility index (Phi) is 14.5. The van der Waals surface area contributed by atoms with Crippen LogP contribution in [-0.4, -0.2) is 80.5 Å². The third-order valence-corrected chi connectivity index (χ3v) is 10.3. The fourth-order valence-electron chi connectivity index (χ4n) is 6.76. The number of benzene rings is 3. The van der Waals surface area contributed by atoms with Crippen LogP contribution in [0.4, 0.5) is 0 Å². The van der Waals surface area contributed by atoms with Gasteiger partial charge in [0.05, 0.1) is 36.9 Å². The third-order valence-electron chi connectivity index (χ3n) is 9.62. The molecule has 2 unspecified atom stereocenters. The highest BCUT2D eigenvalue weighted by Gasteiger charge is 2.38. The van der Waals surface area contributed by atoms with Crippen LogP contribution in [0.25, 0.3) is 0 Å². The van der Waals surface area contributed by atoms with Gasteiger partial charge in [-0.15, -0.1) is 0 Å². The highest BCUT2D eigenvalue weighted by Crippen LogP contribution is 2.36. The van der Waals surface area contributed by atoms with Crippen molar-refractivity contribution in [3.63, 3.8) is 0 Å². The minimum atomic E-state index is -0.764. The largest absolute Gasteiger partial charge is 0.496 e. The molecule has 2 bridgehead atoms. The van der Waals surface area contributed by atoms with E-state index in [9.17, 15) is 9.59 Å². The van der Waals surface area contributed by atoms with Gasteiger partial charge in [-0.25, -0.2) is 9.59 Å². The van der Waals surface area contributed by atoms with Crippen LogP contribution in [0.5, 0.6) is 17.2 Å². The second kappa shape index (κ2) is 19.4. The van der Waals surface area contributed by atoms with Gasteiger partial charge in [0.2, 0.25) is 0 Å². The number of carbonyl (C=O) groups is 3. The molecule has 4 heterocycles. The van der Waals surface area contributed by atoms with E-state index in [1.54, 1.807) is 44.6 Å². The number of para-hydroxylation sites is 1. The molecule has 7 rings (SSSR count). The highest BCUT2D eigenvalue weighted by atomic mass is 35.5. The van der Waals surface area contributed by atoms with Gasteiger partial charge in [0.1, 0.15) is 24.0 Å². The number of aromatic nitrogens is 1. The number of hydrogen-bond acceptors (Lipinski definition) is 11. The van der Waals surface area contributed by atoms with Crippen LogP contribution in [0.3, 0.4) is 0 Å². The number of piperidine rings is 3. The van der Waals surface area contributed by atoms with E-state index < -0.39 is 18.1 Å². The van der Waals surface area contributed by atoms with Crippen LogP contribution in [-0.2, 0) is 32.0 Å². The Morgan fingerprint density at radius 2 is 1.57 bits per heavy atom. The van der Waals surface area contributed by atoms with Crippen LogP contribution in [0.1, 0.15) is 57.6 Å². The number of fused-ring (bicyclic) bond motifs is 3. The molecule has 0 radical (unpaired) electrons. The molecular formula is C40H43Cl2N3O9. The molecule has 4 aromatic rings. The zero-order chi connectivity index (χ0) is 38.6. The fourth-order valence-corrected chi connectivity index (χ4v) is 7.28. The molecule has 3 aliphatic heterocycles. The summed E-state index contributed by atoms with van der Waals surface area (Å²) in [4.78, 5) is 42.1. The summed E-state index contributed by atoms with van der Waals surface area (Å²) in [7, 11) is 4.67. The standard InChI is InChI=1S/C39H41Cl2N3O7.CH2O2/c1-47-32-7-5-4-6-28(32)37(39(46)51-36-23-44-16-14-25(36)15-17-44)43-20-24-8-10-26(11-9-24)38(45)50-34(19-29-30(40)21-42-22-31(29)41)27-12-13-33(48-2)35(18-27)49-3;2-1-3/h4-13,18,21-22,25,34,36-37,43H,14-17,19-20,23H2,1-3H3;1H,(H,2,3)/t34?,36-,37?;/m0./s1. The molecular weight excluding hydrogens is 737 g/mol. The van der Waals surface area contributed by atoms with Crippen molar-refractivity contribution in [3.8, 4) is 17.2 Å². The first-order chi connectivity index (χ1) is 26.2. The Morgan fingerprint density at radius 3 is 2.19 bits per heavy atom. The number of rotatable bonds is 14. The van der Waals surface area contributed by atoms with E-state index in [0.717, 1.165) is 38.0 Å². The first-order valence-electron chi connectivity index (χ1n) is 17.4. The summed E-state index contributed by atoms with van der Waals surface area (Å²) < 4.78 is 28.7. The van der Waals surface area contributed by atoms with Crippen LogP contribution < -0.4 is 19.5 Å². The molecule has 286 valence electrons. The number of esters is 2. The van der Waals surface area contributed by atoms with Crippen molar-refractivity contribution < 1.29 is 43.2 Å². The maximum Gasteiger partial charge on any atom is 0.338 e. The minimum Gasteiger partial charge on any atom is -0.496 e. The number of carbonyl (C=O) groups excluding carboxylic acids is 2. The zero-order valence-electron chi connectivity index (χ0n) is 30.2. The molecule has 14 heteroatoms. The molecule has 2 N–H and O–H groups in total. The summed E-state index contributed by atoms with van der Waals surface area (Å²) in [5, 5.41) is 11.0. The van der Waals surface area contributed by atoms with E-state index in [-0.39, 0.29) is 25.0 Å². The predicted molar refractivity (Wildman–Crippen MR) is 202 cm³/mol. The Morgan fingerprint density at radius 1 is 0.926 bits per heavy atom. The van der Waals surface area contributed by atoms with Crippen LogP contribution in [0, 0.1) is 5.92 Å². The molecule has 0 spiro atoms. The molecule has 0 amide bonds. The average Bonchev–Trinajstić information content (AvgIpc) is 3.19. The Balaban J connectivity index is 0.00000181. The lowest BCUT2D eigenvalue weighted by Gasteiger charge is -2.44. The number of nitrogens with one attached hydrogen (secondary N) is 1. The van der Waals surface area contributed by atoms with E-state index in [1.807, 2.05) is 36.4 Å². The van der Waals surface area contributed by atoms with E-state index in [2.05, 4.69) is 15.2 Å². The smallest absolute Gasteiger partial charge is 0.338 e. The van der Waals surface area contributed by atoms with E-state index in [0.29, 0.717) is 62.0 Å². The number of carboxylic acid groups (broad SMARTS) is 1. The molecule has 54 heavy (non-hydrogen) atoms. The van der Waals surface area contributed by atoms with Gasteiger partial charge in [0.15, 0.2) is 11.5 Å². The highest BCUT2D eigenvalue weighted by molar-refractivity contribution is 6.35. The molecule has 0 aliphatic carbocycles. The van der Waals surface area contributed by atoms with Crippen molar-refractivity contribution in [2.45, 2.75) is 44.1 Å². The lowest BCUT2D eigenvalue weighted by Crippen LogP contribution is -2.52. The lowest BCUT2D eigenvalue weighted by molar-refractivity contribution is -0.161. The van der Waals surface area contributed by atoms with Gasteiger partial charge in [-0.1, -0.05) is 59.6 Å². The first-order valence-corrected chi connectivity index (χ1v) is 18.1. The van der Waals surface area contributed by atoms with Crippen molar-refractivity contribution >= 4 is 41.6 Å². The fraction of sp³-hybridized carbons (Fsp3) is 0.350. The number of halogens is 2. The molecule has 1 aromatic heterocycles. The van der Waals surface area contributed by atoms with Gasteiger partial charge in [0, 0.05) is 37.5 Å². The van der Waals surface area contributed by atoms with Crippen LogP contribution in [0.2, 0.25) is 10.0 Å². The molecule has 3 saturated heterocycles. The average molecular weight is 781 g/mol. The van der Waals surface area contributed by atoms with Crippen molar-refractivity contribution in [1.29, 1.82) is 0 Å².